The Bertz CT molecular complexity index is 659. The first kappa shape index (κ1) is 14.2. The number of thiazole rings is 1. The molecule has 5 nitrogen and oxygen atoms in total. The number of hydrogen-bond donors (Lipinski definition) is 1. The molecule has 2 aromatic heterocycles. The number of rotatable bonds is 6. The monoisotopic (exact) mass is 316 g/mol. The molecule has 2 rings (SSSR count). The SMILES string of the molecule is NC(=O)CCS(=O)(=O)Cc1csc(-c2ccsc2)n1. The van der Waals surface area contributed by atoms with Crippen LogP contribution in [0.15, 0.2) is 22.2 Å². The first-order valence-electron chi connectivity index (χ1n) is 5.42. The lowest BCUT2D eigenvalue weighted by molar-refractivity contribution is -0.117. The molecule has 102 valence electrons. The second kappa shape index (κ2) is 5.81. The lowest BCUT2D eigenvalue weighted by Crippen LogP contribution is -2.18. The Morgan fingerprint density at radius 3 is 2.79 bits per heavy atom. The molecule has 0 saturated heterocycles. The topological polar surface area (TPSA) is 90.1 Å². The molecule has 0 saturated carbocycles. The van der Waals surface area contributed by atoms with Gasteiger partial charge in [-0.1, -0.05) is 0 Å². The fourth-order valence-corrected chi connectivity index (χ4v) is 4.34. The number of carbonyl (C=O) groups is 1. The van der Waals surface area contributed by atoms with E-state index in [4.69, 9.17) is 5.73 Å². The van der Waals surface area contributed by atoms with Crippen LogP contribution in [0.4, 0.5) is 0 Å². The van der Waals surface area contributed by atoms with E-state index < -0.39 is 15.7 Å². The fraction of sp³-hybridized carbons (Fsp3) is 0.273. The van der Waals surface area contributed by atoms with Gasteiger partial charge in [0.05, 0.1) is 17.2 Å². The molecule has 0 spiro atoms. The summed E-state index contributed by atoms with van der Waals surface area (Å²) in [7, 11) is -3.34. The second-order valence-corrected chi connectivity index (χ2v) is 7.79. The highest BCUT2D eigenvalue weighted by Gasteiger charge is 2.16. The molecule has 0 bridgehead atoms. The molecule has 0 aliphatic carbocycles. The van der Waals surface area contributed by atoms with Gasteiger partial charge in [-0.25, -0.2) is 13.4 Å². The van der Waals surface area contributed by atoms with Crippen LogP contribution in [0.5, 0.6) is 0 Å². The smallest absolute Gasteiger partial charge is 0.218 e. The molecule has 2 heterocycles. The van der Waals surface area contributed by atoms with Crippen LogP contribution in [-0.4, -0.2) is 25.1 Å². The molecule has 2 aromatic rings. The first-order chi connectivity index (χ1) is 8.96. The molecule has 0 unspecified atom stereocenters. The summed E-state index contributed by atoms with van der Waals surface area (Å²) >= 11 is 2.98. The van der Waals surface area contributed by atoms with Crippen molar-refractivity contribution in [3.63, 3.8) is 0 Å². The second-order valence-electron chi connectivity index (χ2n) is 3.96. The van der Waals surface area contributed by atoms with E-state index in [2.05, 4.69) is 4.98 Å². The first-order valence-corrected chi connectivity index (χ1v) is 9.06. The number of amides is 1. The number of primary amides is 1. The third-order valence-electron chi connectivity index (χ3n) is 2.35. The molecule has 0 aliphatic heterocycles. The largest absolute Gasteiger partial charge is 0.370 e. The lowest BCUT2D eigenvalue weighted by Gasteiger charge is -1.99. The molecule has 0 aliphatic rings. The van der Waals surface area contributed by atoms with E-state index in [0.717, 1.165) is 10.6 Å². The lowest BCUT2D eigenvalue weighted by atomic mass is 10.4. The Labute approximate surface area is 119 Å². The molecule has 8 heteroatoms. The van der Waals surface area contributed by atoms with Crippen LogP contribution in [0.25, 0.3) is 10.6 Å². The van der Waals surface area contributed by atoms with E-state index in [9.17, 15) is 13.2 Å². The molecular weight excluding hydrogens is 304 g/mol. The summed E-state index contributed by atoms with van der Waals surface area (Å²) < 4.78 is 23.5. The van der Waals surface area contributed by atoms with Gasteiger partial charge in [-0.3, -0.25) is 4.79 Å². The van der Waals surface area contributed by atoms with Gasteiger partial charge in [0, 0.05) is 22.7 Å². The number of sulfone groups is 1. The summed E-state index contributed by atoms with van der Waals surface area (Å²) in [6.07, 6.45) is -0.149. The van der Waals surface area contributed by atoms with Crippen molar-refractivity contribution in [1.29, 1.82) is 0 Å². The number of hydrogen-bond acceptors (Lipinski definition) is 6. The van der Waals surface area contributed by atoms with E-state index in [1.54, 1.807) is 16.7 Å². The van der Waals surface area contributed by atoms with Crippen LogP contribution in [0.2, 0.25) is 0 Å². The summed E-state index contributed by atoms with van der Waals surface area (Å²) in [6.45, 7) is 0. The normalized spacial score (nSPS) is 11.6. The van der Waals surface area contributed by atoms with Gasteiger partial charge in [-0.05, 0) is 11.4 Å². The summed E-state index contributed by atoms with van der Waals surface area (Å²) in [6, 6.07) is 1.94. The van der Waals surface area contributed by atoms with Crippen LogP contribution in [-0.2, 0) is 20.4 Å². The van der Waals surface area contributed by atoms with Crippen molar-refractivity contribution >= 4 is 38.4 Å². The summed E-state index contributed by atoms with van der Waals surface area (Å²) in [5, 5.41) is 6.44. The van der Waals surface area contributed by atoms with E-state index in [1.807, 2.05) is 16.8 Å². The third-order valence-corrected chi connectivity index (χ3v) is 5.53. The predicted molar refractivity (Wildman–Crippen MR) is 76.7 cm³/mol. The van der Waals surface area contributed by atoms with Gasteiger partial charge in [0.25, 0.3) is 0 Å². The summed E-state index contributed by atoms with van der Waals surface area (Å²) in [4.78, 5) is 14.9. The number of nitrogens with two attached hydrogens (primary N) is 1. The van der Waals surface area contributed by atoms with Gasteiger partial charge in [0.1, 0.15) is 5.01 Å². The van der Waals surface area contributed by atoms with Crippen molar-refractivity contribution in [2.75, 3.05) is 5.75 Å². The van der Waals surface area contributed by atoms with Crippen molar-refractivity contribution in [1.82, 2.24) is 4.98 Å². The van der Waals surface area contributed by atoms with Crippen molar-refractivity contribution in [3.05, 3.63) is 27.9 Å². The van der Waals surface area contributed by atoms with Crippen molar-refractivity contribution in [3.8, 4) is 10.6 Å². The molecular formula is C11H12N2O3S3. The van der Waals surface area contributed by atoms with Gasteiger partial charge < -0.3 is 5.73 Å². The van der Waals surface area contributed by atoms with Gasteiger partial charge >= 0.3 is 0 Å². The van der Waals surface area contributed by atoms with Crippen LogP contribution in [0.3, 0.4) is 0 Å². The average molecular weight is 316 g/mol. The summed E-state index contributed by atoms with van der Waals surface area (Å²) in [5.74, 6) is -0.991. The molecule has 0 aromatic carbocycles. The Hall–Kier alpha value is -1.25. The highest BCUT2D eigenvalue weighted by Crippen LogP contribution is 2.26. The zero-order valence-corrected chi connectivity index (χ0v) is 12.4. The van der Waals surface area contributed by atoms with Gasteiger partial charge in [0.15, 0.2) is 9.84 Å². The zero-order chi connectivity index (χ0) is 13.9. The third kappa shape index (κ3) is 4.12. The van der Waals surface area contributed by atoms with Crippen LogP contribution in [0.1, 0.15) is 12.1 Å². The Balaban J connectivity index is 2.06. The van der Waals surface area contributed by atoms with Crippen LogP contribution in [0, 0.1) is 0 Å². The number of thiophene rings is 1. The Kier molecular flexibility index (Phi) is 4.33. The Morgan fingerprint density at radius 2 is 2.16 bits per heavy atom. The van der Waals surface area contributed by atoms with Gasteiger partial charge in [0.2, 0.25) is 5.91 Å². The predicted octanol–water partition coefficient (Wildman–Crippen LogP) is 1.66. The van der Waals surface area contributed by atoms with Gasteiger partial charge in [-0.2, -0.15) is 11.3 Å². The van der Waals surface area contributed by atoms with E-state index >= 15 is 0 Å². The maximum Gasteiger partial charge on any atom is 0.218 e. The average Bonchev–Trinajstić information content (AvgIpc) is 2.95. The highest BCUT2D eigenvalue weighted by atomic mass is 32.2. The van der Waals surface area contributed by atoms with E-state index in [1.165, 1.54) is 11.3 Å². The van der Waals surface area contributed by atoms with Crippen molar-refractivity contribution in [2.24, 2.45) is 5.73 Å². The zero-order valence-electron chi connectivity index (χ0n) is 9.90. The minimum atomic E-state index is -3.34. The highest BCUT2D eigenvalue weighted by molar-refractivity contribution is 7.90. The van der Waals surface area contributed by atoms with Gasteiger partial charge in [-0.15, -0.1) is 11.3 Å². The fourth-order valence-electron chi connectivity index (χ4n) is 1.45. The minimum Gasteiger partial charge on any atom is -0.370 e. The number of aromatic nitrogens is 1. The van der Waals surface area contributed by atoms with Crippen LogP contribution >= 0.6 is 22.7 Å². The summed E-state index contributed by atoms with van der Waals surface area (Å²) in [5.41, 5.74) is 6.45. The Morgan fingerprint density at radius 1 is 1.37 bits per heavy atom. The number of carbonyl (C=O) groups excluding carboxylic acids is 1. The molecule has 19 heavy (non-hydrogen) atoms. The molecule has 0 fully saturated rings. The van der Waals surface area contributed by atoms with Crippen LogP contribution < -0.4 is 5.73 Å². The maximum atomic E-state index is 11.8. The molecule has 0 radical (unpaired) electrons. The van der Waals surface area contributed by atoms with E-state index in [-0.39, 0.29) is 17.9 Å². The van der Waals surface area contributed by atoms with Crippen molar-refractivity contribution in [2.45, 2.75) is 12.2 Å². The molecule has 0 atom stereocenters. The minimum absolute atomic E-state index is 0.149. The van der Waals surface area contributed by atoms with E-state index in [0.29, 0.717) is 5.69 Å². The number of nitrogens with zero attached hydrogens (tertiary/aromatic N) is 1. The van der Waals surface area contributed by atoms with Crippen molar-refractivity contribution < 1.29 is 13.2 Å². The molecule has 2 N–H and O–H groups in total. The maximum absolute atomic E-state index is 11.8. The molecule has 1 amide bonds. The quantitative estimate of drug-likeness (QED) is 0.877. The standard InChI is InChI=1S/C11H12N2O3S3/c12-10(14)2-4-19(15,16)7-9-6-18-11(13-9)8-1-3-17-5-8/h1,3,5-6H,2,4,7H2,(H2,12,14).